The van der Waals surface area contributed by atoms with Crippen molar-refractivity contribution in [3.63, 3.8) is 0 Å². The van der Waals surface area contributed by atoms with E-state index >= 15 is 0 Å². The van der Waals surface area contributed by atoms with Crippen LogP contribution in [0.1, 0.15) is 5.56 Å². The molecule has 0 aromatic heterocycles. The molecular weight excluding hydrogens is 194 g/mol. The van der Waals surface area contributed by atoms with Crippen molar-refractivity contribution in [3.05, 3.63) is 23.8 Å². The average molecular weight is 211 g/mol. The van der Waals surface area contributed by atoms with E-state index in [2.05, 4.69) is 24.4 Å². The number of rotatable bonds is 5. The smallest absolute Gasteiger partial charge is 0.132 e. The first-order valence-electron chi connectivity index (χ1n) is 4.70. The molecule has 0 unspecified atom stereocenters. The quantitative estimate of drug-likeness (QED) is 0.596. The maximum Gasteiger partial charge on any atom is 0.132 e. The Kier molecular flexibility index (Phi) is 4.84. The van der Waals surface area contributed by atoms with Gasteiger partial charge in [0.25, 0.3) is 0 Å². The van der Waals surface area contributed by atoms with Gasteiger partial charge in [-0.1, -0.05) is 6.07 Å². The molecule has 1 N–H and O–H groups in total. The van der Waals surface area contributed by atoms with E-state index in [-0.39, 0.29) is 0 Å². The second-order valence-corrected chi connectivity index (χ2v) is 4.24. The number of ether oxygens (including phenoxy) is 1. The molecule has 0 fully saturated rings. The molecule has 0 spiro atoms. The van der Waals surface area contributed by atoms with E-state index in [1.54, 1.807) is 7.11 Å². The first kappa shape index (κ1) is 11.4. The second kappa shape index (κ2) is 5.94. The van der Waals surface area contributed by atoms with Crippen LogP contribution in [-0.4, -0.2) is 26.5 Å². The molecule has 0 aliphatic heterocycles. The fourth-order valence-corrected chi connectivity index (χ4v) is 2.25. The van der Waals surface area contributed by atoms with Gasteiger partial charge in [-0.15, -0.1) is 11.8 Å². The monoisotopic (exact) mass is 211 g/mol. The summed E-state index contributed by atoms with van der Waals surface area (Å²) in [6, 6.07) is 6.26. The highest BCUT2D eigenvalue weighted by Crippen LogP contribution is 2.29. The summed E-state index contributed by atoms with van der Waals surface area (Å²) in [5, 5.41) is 3.13. The first-order valence-corrected chi connectivity index (χ1v) is 5.68. The Hall–Kier alpha value is -0.670. The third-order valence-corrected chi connectivity index (χ3v) is 2.97. The van der Waals surface area contributed by atoms with Crippen molar-refractivity contribution in [2.45, 2.75) is 11.8 Å². The highest BCUT2D eigenvalue weighted by molar-refractivity contribution is 7.99. The van der Waals surface area contributed by atoms with Crippen molar-refractivity contribution in [3.8, 4) is 5.75 Å². The standard InChI is InChI=1S/C11H17NOS/c1-9-4-5-10(13-3)11(8-9)14-7-6-12-2/h4-5,8,12H,6-7H2,1-3H3. The number of aryl methyl sites for hydroxylation is 1. The van der Waals surface area contributed by atoms with E-state index in [1.807, 2.05) is 24.9 Å². The summed E-state index contributed by atoms with van der Waals surface area (Å²) in [4.78, 5) is 1.22. The topological polar surface area (TPSA) is 21.3 Å². The molecule has 1 rings (SSSR count). The summed E-state index contributed by atoms with van der Waals surface area (Å²) in [5.41, 5.74) is 1.28. The summed E-state index contributed by atoms with van der Waals surface area (Å²) in [5.74, 6) is 2.03. The Morgan fingerprint density at radius 1 is 1.43 bits per heavy atom. The molecule has 0 bridgehead atoms. The maximum atomic E-state index is 5.29. The van der Waals surface area contributed by atoms with Gasteiger partial charge in [0.1, 0.15) is 5.75 Å². The Labute approximate surface area is 90.0 Å². The molecule has 0 saturated carbocycles. The largest absolute Gasteiger partial charge is 0.496 e. The Morgan fingerprint density at radius 2 is 2.21 bits per heavy atom. The van der Waals surface area contributed by atoms with Gasteiger partial charge < -0.3 is 10.1 Å². The Bertz CT molecular complexity index is 289. The van der Waals surface area contributed by atoms with Gasteiger partial charge in [-0.3, -0.25) is 0 Å². The number of nitrogens with one attached hydrogen (secondary N) is 1. The molecule has 0 aliphatic rings. The van der Waals surface area contributed by atoms with E-state index < -0.39 is 0 Å². The number of hydrogen-bond acceptors (Lipinski definition) is 3. The van der Waals surface area contributed by atoms with E-state index in [1.165, 1.54) is 10.5 Å². The third kappa shape index (κ3) is 3.24. The van der Waals surface area contributed by atoms with Gasteiger partial charge in [-0.05, 0) is 31.7 Å². The molecule has 78 valence electrons. The van der Waals surface area contributed by atoms with E-state index in [4.69, 9.17) is 4.74 Å². The third-order valence-electron chi connectivity index (χ3n) is 1.93. The summed E-state index contributed by atoms with van der Waals surface area (Å²) in [7, 11) is 3.68. The van der Waals surface area contributed by atoms with E-state index in [0.29, 0.717) is 0 Å². The fourth-order valence-electron chi connectivity index (χ4n) is 1.16. The van der Waals surface area contributed by atoms with Crippen molar-refractivity contribution in [1.29, 1.82) is 0 Å². The van der Waals surface area contributed by atoms with Gasteiger partial charge >= 0.3 is 0 Å². The molecule has 0 amide bonds. The number of methoxy groups -OCH3 is 1. The predicted octanol–water partition coefficient (Wildman–Crippen LogP) is 2.32. The van der Waals surface area contributed by atoms with Gasteiger partial charge in [0.15, 0.2) is 0 Å². The van der Waals surface area contributed by atoms with Crippen LogP contribution in [-0.2, 0) is 0 Å². The highest BCUT2D eigenvalue weighted by Gasteiger charge is 2.02. The summed E-state index contributed by atoms with van der Waals surface area (Å²) >= 11 is 1.82. The van der Waals surface area contributed by atoms with E-state index in [9.17, 15) is 0 Å². The molecule has 0 atom stereocenters. The number of benzene rings is 1. The van der Waals surface area contributed by atoms with Crippen LogP contribution in [0.4, 0.5) is 0 Å². The molecule has 1 aromatic rings. The van der Waals surface area contributed by atoms with Gasteiger partial charge in [0.05, 0.1) is 7.11 Å². The van der Waals surface area contributed by atoms with Gasteiger partial charge in [-0.25, -0.2) is 0 Å². The second-order valence-electron chi connectivity index (χ2n) is 3.11. The SMILES string of the molecule is CNCCSc1cc(C)ccc1OC. The minimum Gasteiger partial charge on any atom is -0.496 e. The zero-order chi connectivity index (χ0) is 10.4. The van der Waals surface area contributed by atoms with Crippen LogP contribution >= 0.6 is 11.8 Å². The summed E-state index contributed by atoms with van der Waals surface area (Å²) in [6.07, 6.45) is 0. The minimum absolute atomic E-state index is 0.969. The molecule has 0 radical (unpaired) electrons. The minimum atomic E-state index is 0.969. The molecule has 14 heavy (non-hydrogen) atoms. The molecule has 0 aliphatic carbocycles. The van der Waals surface area contributed by atoms with Crippen LogP contribution in [0.3, 0.4) is 0 Å². The van der Waals surface area contributed by atoms with E-state index in [0.717, 1.165) is 18.0 Å². The zero-order valence-corrected chi connectivity index (χ0v) is 9.78. The number of hydrogen-bond donors (Lipinski definition) is 1. The number of thioether (sulfide) groups is 1. The van der Waals surface area contributed by atoms with Crippen LogP contribution in [0.25, 0.3) is 0 Å². The van der Waals surface area contributed by atoms with Crippen LogP contribution < -0.4 is 10.1 Å². The van der Waals surface area contributed by atoms with Crippen molar-refractivity contribution in [1.82, 2.24) is 5.32 Å². The lowest BCUT2D eigenvalue weighted by molar-refractivity contribution is 0.404. The van der Waals surface area contributed by atoms with Crippen molar-refractivity contribution in [2.75, 3.05) is 26.5 Å². The van der Waals surface area contributed by atoms with Gasteiger partial charge in [0.2, 0.25) is 0 Å². The van der Waals surface area contributed by atoms with Crippen LogP contribution in [0.2, 0.25) is 0 Å². The van der Waals surface area contributed by atoms with Crippen LogP contribution in [0.5, 0.6) is 5.75 Å². The lowest BCUT2D eigenvalue weighted by Gasteiger charge is -2.08. The van der Waals surface area contributed by atoms with Crippen LogP contribution in [0.15, 0.2) is 23.1 Å². The van der Waals surface area contributed by atoms with Crippen LogP contribution in [0, 0.1) is 6.92 Å². The highest BCUT2D eigenvalue weighted by atomic mass is 32.2. The molecular formula is C11H17NOS. The van der Waals surface area contributed by atoms with Crippen molar-refractivity contribution < 1.29 is 4.74 Å². The zero-order valence-electron chi connectivity index (χ0n) is 8.96. The van der Waals surface area contributed by atoms with Crippen molar-refractivity contribution >= 4 is 11.8 Å². The summed E-state index contributed by atoms with van der Waals surface area (Å²) in [6.45, 7) is 3.11. The Balaban J connectivity index is 2.67. The van der Waals surface area contributed by atoms with Gasteiger partial charge in [-0.2, -0.15) is 0 Å². The lowest BCUT2D eigenvalue weighted by Crippen LogP contribution is -2.09. The molecule has 1 aromatic carbocycles. The Morgan fingerprint density at radius 3 is 2.86 bits per heavy atom. The first-order chi connectivity index (χ1) is 6.77. The average Bonchev–Trinajstić information content (AvgIpc) is 2.19. The fraction of sp³-hybridized carbons (Fsp3) is 0.455. The molecule has 3 heteroatoms. The maximum absolute atomic E-state index is 5.29. The molecule has 0 heterocycles. The van der Waals surface area contributed by atoms with Gasteiger partial charge in [0, 0.05) is 17.2 Å². The van der Waals surface area contributed by atoms with Crippen molar-refractivity contribution in [2.24, 2.45) is 0 Å². The molecule has 2 nitrogen and oxygen atoms in total. The normalized spacial score (nSPS) is 10.2. The predicted molar refractivity (Wildman–Crippen MR) is 62.4 cm³/mol. The summed E-state index contributed by atoms with van der Waals surface area (Å²) < 4.78 is 5.29. The molecule has 0 saturated heterocycles. The lowest BCUT2D eigenvalue weighted by atomic mass is 10.2.